The zero-order valence-corrected chi connectivity index (χ0v) is 11.2. The molecule has 1 amide bonds. The van der Waals surface area contributed by atoms with Crippen molar-refractivity contribution < 1.29 is 17.9 Å². The number of halogens is 1. The summed E-state index contributed by atoms with van der Waals surface area (Å²) in [6, 6.07) is 6.08. The Morgan fingerprint density at radius 3 is 2.44 bits per heavy atom. The van der Waals surface area contributed by atoms with E-state index in [0.29, 0.717) is 12.2 Å². The van der Waals surface area contributed by atoms with Gasteiger partial charge in [0, 0.05) is 11.9 Å². The first kappa shape index (κ1) is 13.2. The summed E-state index contributed by atoms with van der Waals surface area (Å²) < 4.78 is 27.6. The third kappa shape index (κ3) is 2.59. The zero-order chi connectivity index (χ0) is 13.3. The summed E-state index contributed by atoms with van der Waals surface area (Å²) in [6.45, 7) is 0.376. The van der Waals surface area contributed by atoms with Crippen molar-refractivity contribution in [2.75, 3.05) is 23.6 Å². The lowest BCUT2D eigenvalue weighted by molar-refractivity contribution is 0.151. The van der Waals surface area contributed by atoms with Crippen molar-refractivity contribution in [1.29, 1.82) is 0 Å². The highest BCUT2D eigenvalue weighted by atomic mass is 35.5. The fourth-order valence-corrected chi connectivity index (χ4v) is 2.48. The van der Waals surface area contributed by atoms with Crippen LogP contribution < -0.4 is 4.90 Å². The maximum atomic E-state index is 11.6. The van der Waals surface area contributed by atoms with Gasteiger partial charge < -0.3 is 4.74 Å². The van der Waals surface area contributed by atoms with E-state index in [4.69, 9.17) is 16.3 Å². The Morgan fingerprint density at radius 1 is 1.39 bits per heavy atom. The number of anilines is 1. The summed E-state index contributed by atoms with van der Waals surface area (Å²) in [6.07, 6.45) is 0.344. The number of hydrogen-bond donors (Lipinski definition) is 0. The maximum absolute atomic E-state index is 11.6. The second-order valence-electron chi connectivity index (χ2n) is 4.04. The highest BCUT2D eigenvalue weighted by Crippen LogP contribution is 2.23. The van der Waals surface area contributed by atoms with Crippen LogP contribution in [0.2, 0.25) is 0 Å². The van der Waals surface area contributed by atoms with Gasteiger partial charge in [-0.3, -0.25) is 4.90 Å². The van der Waals surface area contributed by atoms with Gasteiger partial charge in [0.1, 0.15) is 6.10 Å². The number of hydrogen-bond acceptors (Lipinski definition) is 4. The van der Waals surface area contributed by atoms with Crippen molar-refractivity contribution in [3.63, 3.8) is 0 Å². The van der Waals surface area contributed by atoms with Crippen LogP contribution in [0.1, 0.15) is 0 Å². The van der Waals surface area contributed by atoms with Crippen LogP contribution in [0.15, 0.2) is 29.2 Å². The molecule has 1 aliphatic heterocycles. The molecular weight excluding hydrogens is 278 g/mol. The van der Waals surface area contributed by atoms with E-state index in [-0.39, 0.29) is 16.9 Å². The summed E-state index contributed by atoms with van der Waals surface area (Å²) in [4.78, 5) is 13.2. The lowest BCUT2D eigenvalue weighted by atomic mass is 10.3. The van der Waals surface area contributed by atoms with Gasteiger partial charge in [0.2, 0.25) is 0 Å². The van der Waals surface area contributed by atoms with Crippen LogP contribution in [0, 0.1) is 0 Å². The van der Waals surface area contributed by atoms with Crippen molar-refractivity contribution in [1.82, 2.24) is 0 Å². The Labute approximate surface area is 110 Å². The molecule has 1 aromatic carbocycles. The topological polar surface area (TPSA) is 63.7 Å². The maximum Gasteiger partial charge on any atom is 0.414 e. The van der Waals surface area contributed by atoms with Crippen LogP contribution in [0.4, 0.5) is 10.5 Å². The second kappa shape index (κ2) is 4.78. The number of cyclic esters (lactones) is 1. The number of carbonyl (C=O) groups is 1. The average molecular weight is 290 g/mol. The quantitative estimate of drug-likeness (QED) is 0.794. The Kier molecular flexibility index (Phi) is 3.49. The minimum absolute atomic E-state index is 0.215. The first-order valence-corrected chi connectivity index (χ1v) is 7.68. The number of ether oxygens (including phenoxy) is 1. The molecule has 0 saturated carbocycles. The third-order valence-electron chi connectivity index (χ3n) is 2.62. The van der Waals surface area contributed by atoms with E-state index in [1.165, 1.54) is 17.0 Å². The molecule has 18 heavy (non-hydrogen) atoms. The Bertz CT molecular complexity index is 555. The average Bonchev–Trinajstić information content (AvgIpc) is 2.70. The molecule has 1 aromatic rings. The highest BCUT2D eigenvalue weighted by Gasteiger charge is 2.31. The van der Waals surface area contributed by atoms with Gasteiger partial charge in [0.25, 0.3) is 0 Å². The molecule has 1 aliphatic rings. The van der Waals surface area contributed by atoms with E-state index in [0.717, 1.165) is 6.26 Å². The number of nitrogens with zero attached hydrogens (tertiary/aromatic N) is 1. The first-order chi connectivity index (χ1) is 8.41. The van der Waals surface area contributed by atoms with Gasteiger partial charge >= 0.3 is 6.09 Å². The molecule has 1 heterocycles. The van der Waals surface area contributed by atoms with E-state index in [9.17, 15) is 13.2 Å². The SMILES string of the molecule is CS(=O)(=O)c1ccc(N2CC(CCl)OC2=O)cc1. The molecule has 0 N–H and O–H groups in total. The summed E-state index contributed by atoms with van der Waals surface area (Å²) in [5.74, 6) is 0.240. The zero-order valence-electron chi connectivity index (χ0n) is 9.67. The van der Waals surface area contributed by atoms with Crippen molar-refractivity contribution in [3.05, 3.63) is 24.3 Å². The van der Waals surface area contributed by atoms with E-state index < -0.39 is 15.9 Å². The van der Waals surface area contributed by atoms with Crippen molar-refractivity contribution in [2.45, 2.75) is 11.0 Å². The summed E-state index contributed by atoms with van der Waals surface area (Å²) in [7, 11) is -3.23. The predicted octanol–water partition coefficient (Wildman–Crippen LogP) is 1.65. The molecule has 0 aromatic heterocycles. The van der Waals surface area contributed by atoms with Crippen LogP contribution in [0.25, 0.3) is 0 Å². The monoisotopic (exact) mass is 289 g/mol. The molecule has 2 rings (SSSR count). The van der Waals surface area contributed by atoms with E-state index in [1.807, 2.05) is 0 Å². The molecule has 5 nitrogen and oxygen atoms in total. The number of rotatable bonds is 3. The van der Waals surface area contributed by atoms with Gasteiger partial charge in [0.15, 0.2) is 9.84 Å². The molecule has 0 bridgehead atoms. The van der Waals surface area contributed by atoms with E-state index in [2.05, 4.69) is 0 Å². The summed E-state index contributed by atoms with van der Waals surface area (Å²) >= 11 is 5.63. The molecular formula is C11H12ClNO4S. The lowest BCUT2D eigenvalue weighted by Gasteiger charge is -2.12. The molecule has 98 valence electrons. The van der Waals surface area contributed by atoms with Gasteiger partial charge in [-0.05, 0) is 24.3 Å². The highest BCUT2D eigenvalue weighted by molar-refractivity contribution is 7.90. The van der Waals surface area contributed by atoms with E-state index >= 15 is 0 Å². The Hall–Kier alpha value is -1.27. The van der Waals surface area contributed by atoms with Gasteiger partial charge in [-0.2, -0.15) is 0 Å². The standard InChI is InChI=1S/C11H12ClNO4S/c1-18(15,16)10-4-2-8(3-5-10)13-7-9(6-12)17-11(13)14/h2-5,9H,6-7H2,1H3. The van der Waals surface area contributed by atoms with Crippen LogP contribution >= 0.6 is 11.6 Å². The molecule has 7 heteroatoms. The first-order valence-electron chi connectivity index (χ1n) is 5.26. The number of amides is 1. The minimum atomic E-state index is -3.23. The molecule has 1 unspecified atom stereocenters. The predicted molar refractivity (Wildman–Crippen MR) is 67.9 cm³/mol. The van der Waals surface area contributed by atoms with Crippen LogP contribution in [0.3, 0.4) is 0 Å². The van der Waals surface area contributed by atoms with Gasteiger partial charge in [-0.15, -0.1) is 11.6 Å². The number of alkyl halides is 1. The molecule has 0 spiro atoms. The van der Waals surface area contributed by atoms with Gasteiger partial charge in [-0.1, -0.05) is 0 Å². The second-order valence-corrected chi connectivity index (χ2v) is 6.36. The molecule has 1 atom stereocenters. The summed E-state index contributed by atoms with van der Waals surface area (Å²) in [5.41, 5.74) is 0.597. The molecule has 1 fully saturated rings. The van der Waals surface area contributed by atoms with Crippen molar-refractivity contribution in [3.8, 4) is 0 Å². The van der Waals surface area contributed by atoms with Crippen LogP contribution in [0.5, 0.6) is 0 Å². The minimum Gasteiger partial charge on any atom is -0.443 e. The summed E-state index contributed by atoms with van der Waals surface area (Å²) in [5, 5.41) is 0. The number of sulfone groups is 1. The van der Waals surface area contributed by atoms with E-state index in [1.54, 1.807) is 12.1 Å². The third-order valence-corrected chi connectivity index (χ3v) is 4.10. The fraction of sp³-hybridized carbons (Fsp3) is 0.364. The van der Waals surface area contributed by atoms with Crippen molar-refractivity contribution in [2.24, 2.45) is 0 Å². The number of benzene rings is 1. The van der Waals surface area contributed by atoms with Crippen LogP contribution in [-0.2, 0) is 14.6 Å². The lowest BCUT2D eigenvalue weighted by Crippen LogP contribution is -2.24. The normalized spacial score (nSPS) is 20.0. The van der Waals surface area contributed by atoms with Gasteiger partial charge in [-0.25, -0.2) is 13.2 Å². The molecule has 0 radical (unpaired) electrons. The van der Waals surface area contributed by atoms with Crippen molar-refractivity contribution >= 4 is 33.2 Å². The van der Waals surface area contributed by atoms with Gasteiger partial charge in [0.05, 0.1) is 17.3 Å². The number of carbonyl (C=O) groups excluding carboxylic acids is 1. The smallest absolute Gasteiger partial charge is 0.414 e. The largest absolute Gasteiger partial charge is 0.443 e. The molecule has 0 aliphatic carbocycles. The fourth-order valence-electron chi connectivity index (χ4n) is 1.69. The molecule has 1 saturated heterocycles. The van der Waals surface area contributed by atoms with Crippen LogP contribution in [-0.4, -0.2) is 39.3 Å². The Morgan fingerprint density at radius 2 is 2.00 bits per heavy atom. The Balaban J connectivity index is 2.23.